The molecule has 10 rings (SSSR count). The first kappa shape index (κ1) is 65.2. The molecule has 2 atom stereocenters. The van der Waals surface area contributed by atoms with Crippen LogP contribution in [0.4, 0.5) is 0 Å². The molecule has 0 aliphatic rings. The number of rotatable bonds is 12. The van der Waals surface area contributed by atoms with Gasteiger partial charge in [-0.05, 0) is 104 Å². The minimum atomic E-state index is 0. The Bertz CT molecular complexity index is 3150. The van der Waals surface area contributed by atoms with Crippen LogP contribution in [0.3, 0.4) is 0 Å². The van der Waals surface area contributed by atoms with Crippen LogP contribution in [0.25, 0.3) is 66.1 Å². The van der Waals surface area contributed by atoms with Gasteiger partial charge >= 0.3 is 30.2 Å². The van der Waals surface area contributed by atoms with E-state index in [1.54, 1.807) is 0 Å². The van der Waals surface area contributed by atoms with Crippen LogP contribution in [0, 0.1) is 14.9 Å². The molecule has 0 fully saturated rings. The topological polar surface area (TPSA) is 0 Å². The molecule has 424 valence electrons. The van der Waals surface area contributed by atoms with E-state index < -0.39 is 0 Å². The predicted octanol–water partition coefficient (Wildman–Crippen LogP) is 23.0. The van der Waals surface area contributed by atoms with Crippen molar-refractivity contribution in [1.82, 2.24) is 0 Å². The first-order valence-corrected chi connectivity index (χ1v) is 33.5. The summed E-state index contributed by atoms with van der Waals surface area (Å²) in [5, 5.41) is 5.42. The maximum absolute atomic E-state index is 3.06. The van der Waals surface area contributed by atoms with Gasteiger partial charge in [0.05, 0.1) is 0 Å². The monoisotopic (exact) mass is 1170 g/mol. The van der Waals surface area contributed by atoms with Crippen molar-refractivity contribution < 1.29 is 23.3 Å². The van der Waals surface area contributed by atoms with Crippen molar-refractivity contribution in [2.45, 2.75) is 156 Å². The van der Waals surface area contributed by atoms with Crippen molar-refractivity contribution in [1.29, 1.82) is 0 Å². The number of benzene rings is 8. The van der Waals surface area contributed by atoms with E-state index in [1.807, 2.05) is 0 Å². The average molecular weight is 1170 g/mol. The molecule has 82 heavy (non-hydrogen) atoms. The van der Waals surface area contributed by atoms with Crippen LogP contribution in [0.2, 0.25) is 0 Å². The van der Waals surface area contributed by atoms with Gasteiger partial charge in [0.25, 0.3) is 0 Å². The summed E-state index contributed by atoms with van der Waals surface area (Å²) in [4.78, 5) is 0. The summed E-state index contributed by atoms with van der Waals surface area (Å²) in [6.45, 7) is 35.0. The van der Waals surface area contributed by atoms with E-state index in [0.29, 0.717) is 11.8 Å². The van der Waals surface area contributed by atoms with Crippen LogP contribution >= 0.6 is 0 Å². The third-order valence-electron chi connectivity index (χ3n) is 16.6. The standard InChI is InChI=1S/2C39H43.2CH3.Si.Zr/c2*1-8-28(29-12-10-9-11-13-29)24-27-25-36-34(30-14-18-32(19-15-30)38(2,3)4)22-23-35(37(36)26-27)31-16-20-33(21-17-31)39(5,6)7;;;;/h2*9-23,25-26,28H,8,24H2,1-7H3;2*1H3;;/q4*-1;;. The van der Waals surface area contributed by atoms with Crippen molar-refractivity contribution in [3.05, 3.63) is 266 Å². The van der Waals surface area contributed by atoms with Crippen LogP contribution in [-0.2, 0) is 57.8 Å². The Morgan fingerprint density at radius 1 is 0.341 bits per heavy atom. The zero-order valence-electron chi connectivity index (χ0n) is 52.6. The number of hydrogen-bond acceptors (Lipinski definition) is 0. The van der Waals surface area contributed by atoms with Gasteiger partial charge in [-0.2, -0.15) is 12.1 Å². The predicted molar refractivity (Wildman–Crippen MR) is 361 cm³/mol. The zero-order chi connectivity index (χ0) is 57.6. The molecule has 0 amide bonds. The van der Waals surface area contributed by atoms with Gasteiger partial charge in [-0.15, -0.1) is 44.8 Å². The molecule has 0 aromatic heterocycles. The van der Waals surface area contributed by atoms with Gasteiger partial charge in [-0.1, -0.05) is 312 Å². The summed E-state index contributed by atoms with van der Waals surface area (Å²) >= 11 is 1.36. The number of hydrogen-bond donors (Lipinski definition) is 0. The number of fused-ring (bicyclic) bond motifs is 2. The van der Waals surface area contributed by atoms with Crippen molar-refractivity contribution in [3.8, 4) is 44.5 Å². The van der Waals surface area contributed by atoms with E-state index in [4.69, 9.17) is 0 Å². The second-order valence-corrected chi connectivity index (χ2v) is 26.5. The summed E-state index contributed by atoms with van der Waals surface area (Å²) in [6, 6.07) is 78.0. The van der Waals surface area contributed by atoms with Gasteiger partial charge < -0.3 is 14.9 Å². The van der Waals surface area contributed by atoms with E-state index >= 15 is 0 Å². The van der Waals surface area contributed by atoms with E-state index in [9.17, 15) is 0 Å². The fourth-order valence-corrected chi connectivity index (χ4v) is 11.6. The van der Waals surface area contributed by atoms with Crippen molar-refractivity contribution >= 4 is 28.4 Å². The molecule has 0 nitrogen and oxygen atoms in total. The molecular weight excluding hydrogens is 1080 g/mol. The van der Waals surface area contributed by atoms with E-state index in [-0.39, 0.29) is 36.5 Å². The molecule has 0 bridgehead atoms. The van der Waals surface area contributed by atoms with Gasteiger partial charge in [0.2, 0.25) is 0 Å². The van der Waals surface area contributed by atoms with Crippen LogP contribution in [0.15, 0.2) is 206 Å². The summed E-state index contributed by atoms with van der Waals surface area (Å²) in [5.74, 6) is 1.04. The fraction of sp³-hybridized carbons (Fsp3) is 0.300. The summed E-state index contributed by atoms with van der Waals surface area (Å²) in [7, 11) is 0. The maximum atomic E-state index is 3.06. The molecule has 2 heteroatoms. The minimum absolute atomic E-state index is 0. The summed E-state index contributed by atoms with van der Waals surface area (Å²) < 4.78 is 0. The second-order valence-electron chi connectivity index (χ2n) is 26.5. The zero-order valence-corrected chi connectivity index (χ0v) is 56.1. The van der Waals surface area contributed by atoms with E-state index in [0.717, 1.165) is 25.7 Å². The van der Waals surface area contributed by atoms with Gasteiger partial charge in [0.1, 0.15) is 0 Å². The van der Waals surface area contributed by atoms with Crippen LogP contribution < -0.4 is 0 Å². The first-order valence-electron chi connectivity index (χ1n) is 29.3. The fourth-order valence-electron chi connectivity index (χ4n) is 11.6. The first-order chi connectivity index (χ1) is 38.1. The van der Waals surface area contributed by atoms with Crippen molar-refractivity contribution in [3.63, 3.8) is 0 Å². The third kappa shape index (κ3) is 15.4. The van der Waals surface area contributed by atoms with E-state index in [2.05, 4.69) is 310 Å². The molecular formula is C80H92SiZr-4. The van der Waals surface area contributed by atoms with Crippen LogP contribution in [-0.4, -0.2) is 6.88 Å². The Labute approximate surface area is 514 Å². The molecule has 0 aliphatic carbocycles. The molecule has 10 aromatic rings. The Balaban J connectivity index is 0.000000250. The van der Waals surface area contributed by atoms with Gasteiger partial charge in [-0.3, -0.25) is 0 Å². The summed E-state index contributed by atoms with van der Waals surface area (Å²) in [5.41, 5.74) is 22.2. The molecule has 0 aliphatic heterocycles. The Morgan fingerprint density at radius 2 is 0.585 bits per heavy atom. The molecule has 0 saturated heterocycles. The third-order valence-corrected chi connectivity index (χ3v) is 16.6. The molecule has 2 radical (unpaired) electrons. The van der Waals surface area contributed by atoms with Crippen molar-refractivity contribution in [2.75, 3.05) is 0 Å². The molecule has 0 spiro atoms. The average Bonchev–Trinajstić information content (AvgIpc) is 4.30. The van der Waals surface area contributed by atoms with Gasteiger partial charge in [0, 0.05) is 0 Å². The van der Waals surface area contributed by atoms with E-state index in [1.165, 1.54) is 134 Å². The second kappa shape index (κ2) is 27.6. The van der Waals surface area contributed by atoms with Crippen molar-refractivity contribution in [2.24, 2.45) is 0 Å². The van der Waals surface area contributed by atoms with Gasteiger partial charge in [0.15, 0.2) is 0 Å². The molecule has 10 aromatic carbocycles. The van der Waals surface area contributed by atoms with Gasteiger partial charge in [-0.25, -0.2) is 0 Å². The normalized spacial score (nSPS) is 12.5. The SMILES string of the molecule is CCC(Cc1cc2c(-c3ccc(C(C)(C)C)cc3)ccc(-c3ccc(C(C)(C)C)cc3)c2[cH-]1)c1ccccc1.CCC(Cc1cc2c(-c3ccc(C(C)(C)C)cc3)ccc(-c3ccc(C(C)(C)C)cc3)c2[cH-]1)c1ccccc1.[CH3-].[CH3-].[Si]=[Zr]. The quantitative estimate of drug-likeness (QED) is 0.0845. The van der Waals surface area contributed by atoms with Crippen LogP contribution in [0.5, 0.6) is 0 Å². The Hall–Kier alpha value is -5.92. The summed E-state index contributed by atoms with van der Waals surface area (Å²) in [6.07, 6.45) is 4.38. The molecule has 0 heterocycles. The molecule has 2 unspecified atom stereocenters. The van der Waals surface area contributed by atoms with Crippen LogP contribution in [0.1, 0.15) is 166 Å². The molecule has 0 saturated carbocycles. The Kier molecular flexibility index (Phi) is 22.0. The molecule has 0 N–H and O–H groups in total. The Morgan fingerprint density at radius 3 is 0.829 bits per heavy atom.